The molecule has 1 amide bonds. The van der Waals surface area contributed by atoms with E-state index < -0.39 is 72.6 Å². The van der Waals surface area contributed by atoms with E-state index in [9.17, 15) is 44.3 Å². The molecule has 1 aliphatic heterocycles. The molecule has 53 heavy (non-hydrogen) atoms. The van der Waals surface area contributed by atoms with Crippen molar-refractivity contribution in [3.8, 4) is 5.75 Å². The number of sulfonamides is 1. The molecule has 0 bridgehead atoms. The zero-order valence-corrected chi connectivity index (χ0v) is 28.7. The SMILES string of the molecule is NC1CCN(C(=O)[C@H](N(OC(=O)C(F)(F)F)S(=O)(=O)c2ccc3cc(OC4CCCC4)ccc3c2)C(F)(F)c2ccc(C3(C(F)(F)F)CC3)cc2)CC1. The minimum Gasteiger partial charge on any atom is -0.490 e. The highest BCUT2D eigenvalue weighted by Gasteiger charge is 2.64. The summed E-state index contributed by atoms with van der Waals surface area (Å²) in [6.45, 7) is -0.607. The predicted octanol–water partition coefficient (Wildman–Crippen LogP) is 6.88. The number of nitrogens with zero attached hydrogens (tertiary/aromatic N) is 2. The highest BCUT2D eigenvalue weighted by Crippen LogP contribution is 2.59. The monoisotopic (exact) mass is 777 g/mol. The van der Waals surface area contributed by atoms with Crippen LogP contribution in [-0.4, -0.2) is 73.3 Å². The fourth-order valence-corrected chi connectivity index (χ4v) is 8.20. The topological polar surface area (TPSA) is 119 Å². The van der Waals surface area contributed by atoms with E-state index >= 15 is 8.78 Å². The smallest absolute Gasteiger partial charge is 0.490 e. The fraction of sp³-hybridized carbons (Fsp3) is 0.486. The van der Waals surface area contributed by atoms with Gasteiger partial charge >= 0.3 is 24.2 Å². The van der Waals surface area contributed by atoms with Crippen molar-refractivity contribution in [1.82, 2.24) is 9.37 Å². The maximum atomic E-state index is 16.8. The highest BCUT2D eigenvalue weighted by molar-refractivity contribution is 7.89. The lowest BCUT2D eigenvalue weighted by Crippen LogP contribution is -2.60. The highest BCUT2D eigenvalue weighted by atomic mass is 32.2. The summed E-state index contributed by atoms with van der Waals surface area (Å²) in [5.41, 5.74) is 1.99. The van der Waals surface area contributed by atoms with Crippen LogP contribution >= 0.6 is 0 Å². The van der Waals surface area contributed by atoms with Gasteiger partial charge < -0.3 is 20.2 Å². The van der Waals surface area contributed by atoms with Gasteiger partial charge in [-0.2, -0.15) is 35.1 Å². The number of hydrogen-bond donors (Lipinski definition) is 1. The summed E-state index contributed by atoms with van der Waals surface area (Å²) >= 11 is 0. The molecule has 1 saturated heterocycles. The first-order valence-electron chi connectivity index (χ1n) is 16.9. The molecule has 9 nitrogen and oxygen atoms in total. The standard InChI is InChI=1S/C35H35F8N3O6S/c36-33(37,24-9-7-23(8-10-24)32(15-16-32)35(41,42)43)29(30(47)45-17-13-25(44)14-18-45)46(52-31(48)34(38,39)40)53(49,50)28-12-6-21-19-27(11-5-22(21)20-28)51-26-3-1-2-4-26/h5-12,19-20,25-26,29H,1-4,13-18,44H2/t29-/m0/s1. The Bertz CT molecular complexity index is 1950. The lowest BCUT2D eigenvalue weighted by molar-refractivity contribution is -0.239. The molecule has 3 aliphatic rings. The number of hydrogen-bond acceptors (Lipinski definition) is 7. The number of halogens is 8. The molecule has 3 aromatic rings. The lowest BCUT2D eigenvalue weighted by Gasteiger charge is -2.38. The number of nitrogens with two attached hydrogens (primary N) is 1. The van der Waals surface area contributed by atoms with Gasteiger partial charge in [0.15, 0.2) is 0 Å². The Hall–Kier alpha value is -4.03. The fourth-order valence-electron chi connectivity index (χ4n) is 6.81. The Labute approximate surface area is 299 Å². The number of carbonyl (C=O) groups is 2. The van der Waals surface area contributed by atoms with Crippen molar-refractivity contribution in [1.29, 1.82) is 0 Å². The van der Waals surface area contributed by atoms with Crippen LogP contribution in [0.15, 0.2) is 65.6 Å². The van der Waals surface area contributed by atoms with Crippen LogP contribution < -0.4 is 10.5 Å². The van der Waals surface area contributed by atoms with E-state index in [1.807, 2.05) is 0 Å². The lowest BCUT2D eigenvalue weighted by atomic mass is 9.92. The number of rotatable bonds is 10. The molecule has 288 valence electrons. The Balaban J connectivity index is 1.44. The van der Waals surface area contributed by atoms with Gasteiger partial charge in [0.05, 0.1) is 16.4 Å². The van der Waals surface area contributed by atoms with E-state index in [1.165, 1.54) is 18.2 Å². The van der Waals surface area contributed by atoms with Crippen LogP contribution in [0.3, 0.4) is 0 Å². The Morgan fingerprint density at radius 3 is 1.98 bits per heavy atom. The van der Waals surface area contributed by atoms with Crippen LogP contribution in [0.2, 0.25) is 0 Å². The van der Waals surface area contributed by atoms with E-state index in [0.29, 0.717) is 23.3 Å². The molecule has 0 aromatic heterocycles. The number of fused-ring (bicyclic) bond motifs is 1. The van der Waals surface area contributed by atoms with Gasteiger partial charge in [0.1, 0.15) is 5.75 Å². The minimum atomic E-state index is -5.91. The van der Waals surface area contributed by atoms with Gasteiger partial charge in [-0.1, -0.05) is 36.4 Å². The van der Waals surface area contributed by atoms with Crippen molar-refractivity contribution in [2.75, 3.05) is 13.1 Å². The molecule has 18 heteroatoms. The minimum absolute atomic E-state index is 0.0218. The summed E-state index contributed by atoms with van der Waals surface area (Å²) in [5, 5.41) is 0.592. The van der Waals surface area contributed by atoms with Crippen molar-refractivity contribution in [2.45, 2.75) is 98.1 Å². The van der Waals surface area contributed by atoms with E-state index in [2.05, 4.69) is 4.84 Å². The predicted molar refractivity (Wildman–Crippen MR) is 173 cm³/mol. The number of piperidine rings is 1. The normalized spacial score (nSPS) is 19.4. The number of alkyl halides is 8. The van der Waals surface area contributed by atoms with Crippen molar-refractivity contribution >= 4 is 32.7 Å². The van der Waals surface area contributed by atoms with Crippen molar-refractivity contribution in [3.63, 3.8) is 0 Å². The van der Waals surface area contributed by atoms with Gasteiger partial charge in [0, 0.05) is 24.7 Å². The van der Waals surface area contributed by atoms with E-state index in [4.69, 9.17) is 10.5 Å². The molecule has 1 atom stereocenters. The molecule has 2 N–H and O–H groups in total. The Morgan fingerprint density at radius 2 is 1.42 bits per heavy atom. The zero-order chi connectivity index (χ0) is 38.6. The number of ether oxygens (including phenoxy) is 1. The quantitative estimate of drug-likeness (QED) is 0.176. The molecular formula is C35H35F8N3O6S. The Morgan fingerprint density at radius 1 is 0.830 bits per heavy atom. The van der Waals surface area contributed by atoms with Crippen molar-refractivity contribution in [3.05, 3.63) is 71.8 Å². The summed E-state index contributed by atoms with van der Waals surface area (Å²) in [5.74, 6) is -9.28. The molecule has 0 radical (unpaired) electrons. The van der Waals surface area contributed by atoms with Gasteiger partial charge in [0.25, 0.3) is 15.9 Å². The summed E-state index contributed by atoms with van der Waals surface area (Å²) in [6, 6.07) is 6.19. The molecular weight excluding hydrogens is 742 g/mol. The van der Waals surface area contributed by atoms with E-state index in [-0.39, 0.29) is 55.8 Å². The van der Waals surface area contributed by atoms with Crippen LogP contribution in [0.1, 0.15) is 62.5 Å². The number of benzene rings is 3. The average Bonchev–Trinajstić information content (AvgIpc) is 3.78. The maximum absolute atomic E-state index is 16.8. The maximum Gasteiger partial charge on any atom is 0.492 e. The first-order chi connectivity index (χ1) is 24.7. The van der Waals surface area contributed by atoms with Crippen LogP contribution in [0.5, 0.6) is 5.75 Å². The van der Waals surface area contributed by atoms with Crippen molar-refractivity contribution in [2.24, 2.45) is 5.73 Å². The summed E-state index contributed by atoms with van der Waals surface area (Å²) in [7, 11) is -5.74. The third kappa shape index (κ3) is 7.67. The molecule has 6 rings (SSSR count). The zero-order valence-electron chi connectivity index (χ0n) is 27.9. The van der Waals surface area contributed by atoms with Crippen LogP contribution in [0.4, 0.5) is 35.1 Å². The second kappa shape index (κ2) is 14.0. The van der Waals surface area contributed by atoms with Gasteiger partial charge in [-0.3, -0.25) is 4.79 Å². The summed E-state index contributed by atoms with van der Waals surface area (Å²) < 4.78 is 149. The number of hydroxylamine groups is 1. The molecule has 2 saturated carbocycles. The largest absolute Gasteiger partial charge is 0.492 e. The number of amides is 1. The molecule has 0 unspecified atom stereocenters. The van der Waals surface area contributed by atoms with Crippen LogP contribution in [-0.2, 0) is 35.8 Å². The van der Waals surface area contributed by atoms with Crippen LogP contribution in [0, 0.1) is 0 Å². The Kier molecular flexibility index (Phi) is 10.2. The molecule has 1 heterocycles. The molecule has 2 aliphatic carbocycles. The third-order valence-corrected chi connectivity index (χ3v) is 11.7. The van der Waals surface area contributed by atoms with Gasteiger partial charge in [-0.25, -0.2) is 13.2 Å². The van der Waals surface area contributed by atoms with Gasteiger partial charge in [-0.05, 0) is 96.4 Å². The first-order valence-corrected chi connectivity index (χ1v) is 18.3. The third-order valence-electron chi connectivity index (χ3n) is 10.1. The molecule has 3 fully saturated rings. The molecule has 0 spiro atoms. The summed E-state index contributed by atoms with van der Waals surface area (Å²) in [4.78, 5) is 30.3. The van der Waals surface area contributed by atoms with Gasteiger partial charge in [0.2, 0.25) is 6.04 Å². The van der Waals surface area contributed by atoms with Gasteiger partial charge in [-0.15, -0.1) is 0 Å². The van der Waals surface area contributed by atoms with E-state index in [0.717, 1.165) is 54.8 Å². The second-order valence-corrected chi connectivity index (χ2v) is 15.5. The number of carbonyl (C=O) groups excluding carboxylic acids is 2. The molecule has 3 aromatic carbocycles. The average molecular weight is 778 g/mol. The second-order valence-electron chi connectivity index (χ2n) is 13.7. The first kappa shape index (κ1) is 38.7. The van der Waals surface area contributed by atoms with Crippen LogP contribution in [0.25, 0.3) is 10.8 Å². The van der Waals surface area contributed by atoms with E-state index in [1.54, 1.807) is 6.07 Å². The van der Waals surface area contributed by atoms with Crippen molar-refractivity contribution < 1.29 is 62.7 Å². The summed E-state index contributed by atoms with van der Waals surface area (Å²) in [6.07, 6.45) is -7.49. The number of likely N-dealkylation sites (tertiary alicyclic amines) is 1.